The van der Waals surface area contributed by atoms with Crippen molar-refractivity contribution in [3.05, 3.63) is 35.9 Å². The molecule has 0 aliphatic rings. The van der Waals surface area contributed by atoms with Gasteiger partial charge in [-0.2, -0.15) is 30.3 Å². The van der Waals surface area contributed by atoms with Crippen LogP contribution in [0.25, 0.3) is 0 Å². The summed E-state index contributed by atoms with van der Waals surface area (Å²) in [5.41, 5.74) is 1.01. The van der Waals surface area contributed by atoms with Crippen LogP contribution in [0.3, 0.4) is 0 Å². The molecule has 1 aromatic rings. The van der Waals surface area contributed by atoms with Crippen molar-refractivity contribution in [2.75, 3.05) is 14.2 Å². The Kier molecular flexibility index (Phi) is 8.99. The molecule has 4 heteroatoms. The van der Waals surface area contributed by atoms with Crippen LogP contribution in [0.1, 0.15) is 11.9 Å². The van der Waals surface area contributed by atoms with E-state index < -0.39 is 0 Å². The molecule has 0 heterocycles. The number of hydrogen-bond acceptors (Lipinski definition) is 2. The minimum absolute atomic E-state index is 0.260. The second-order valence-electron chi connectivity index (χ2n) is 2.14. The first-order valence-electron chi connectivity index (χ1n) is 3.67. The molecule has 0 aliphatic carbocycles. The molecule has 0 aliphatic heterocycles. The topological polar surface area (TPSA) is 18.5 Å². The van der Waals surface area contributed by atoms with E-state index in [0.29, 0.717) is 0 Å². The Hall–Kier alpha value is 0.243. The molecule has 0 fully saturated rings. The van der Waals surface area contributed by atoms with Crippen molar-refractivity contribution < 1.29 is 25.8 Å². The molecular formula is C9H11BrO2Zn. The molecule has 0 saturated carbocycles. The zero-order valence-corrected chi connectivity index (χ0v) is 12.3. The third-order valence-corrected chi connectivity index (χ3v) is 1.44. The predicted molar refractivity (Wildman–Crippen MR) is 51.0 cm³/mol. The molecule has 0 unspecified atom stereocenters. The first-order valence-corrected chi connectivity index (χ1v) is 10.6. The van der Waals surface area contributed by atoms with Crippen LogP contribution in [0.2, 0.25) is 0 Å². The van der Waals surface area contributed by atoms with Crippen LogP contribution in [0.4, 0.5) is 0 Å². The minimum atomic E-state index is -0.260. The Morgan fingerprint density at radius 3 is 2.08 bits per heavy atom. The van der Waals surface area contributed by atoms with Crippen LogP contribution in [0.15, 0.2) is 24.3 Å². The van der Waals surface area contributed by atoms with Crippen LogP contribution in [0.5, 0.6) is 0 Å². The second-order valence-corrected chi connectivity index (χ2v) is 2.14. The van der Waals surface area contributed by atoms with E-state index in [1.165, 1.54) is 16.3 Å². The van der Waals surface area contributed by atoms with Crippen molar-refractivity contribution >= 4 is 13.6 Å². The van der Waals surface area contributed by atoms with Crippen LogP contribution in [-0.4, -0.2) is 14.2 Å². The van der Waals surface area contributed by atoms with Crippen molar-refractivity contribution in [1.82, 2.24) is 0 Å². The fourth-order valence-electron chi connectivity index (χ4n) is 0.925. The molecule has 0 atom stereocenters. The standard InChI is InChI=1S/C9H11O2.BrH.Zn/c1-10-9(11-2)8-6-4-3-5-7-8;;/h4-7,9H,1-2H3;1H;/q-1;;+2/p-1. The van der Waals surface area contributed by atoms with E-state index in [2.05, 4.69) is 19.7 Å². The van der Waals surface area contributed by atoms with Gasteiger partial charge < -0.3 is 9.47 Å². The summed E-state index contributed by atoms with van der Waals surface area (Å²) in [7, 11) is 3.23. The van der Waals surface area contributed by atoms with Crippen molar-refractivity contribution in [2.24, 2.45) is 0 Å². The van der Waals surface area contributed by atoms with Gasteiger partial charge in [0.2, 0.25) is 0 Å². The van der Waals surface area contributed by atoms with E-state index >= 15 is 0 Å². The number of halogens is 1. The van der Waals surface area contributed by atoms with Gasteiger partial charge in [0.05, 0.1) is 0 Å². The number of benzene rings is 1. The zero-order valence-electron chi connectivity index (χ0n) is 7.79. The fourth-order valence-corrected chi connectivity index (χ4v) is 0.925. The fraction of sp³-hybridized carbons (Fsp3) is 0.333. The van der Waals surface area contributed by atoms with Crippen molar-refractivity contribution in [2.45, 2.75) is 6.29 Å². The Bertz CT molecular complexity index is 202. The van der Waals surface area contributed by atoms with E-state index in [0.717, 1.165) is 5.56 Å². The quantitative estimate of drug-likeness (QED) is 0.485. The molecule has 1 rings (SSSR count). The van der Waals surface area contributed by atoms with E-state index in [9.17, 15) is 0 Å². The summed E-state index contributed by atoms with van der Waals surface area (Å²) in [6.45, 7) is 0. The van der Waals surface area contributed by atoms with E-state index in [1.54, 1.807) is 14.2 Å². The average Bonchev–Trinajstić information content (AvgIpc) is 2.24. The number of rotatable bonds is 3. The Balaban J connectivity index is 0.000000671. The molecule has 0 spiro atoms. The van der Waals surface area contributed by atoms with E-state index in [4.69, 9.17) is 9.47 Å². The molecule has 13 heavy (non-hydrogen) atoms. The van der Waals surface area contributed by atoms with Gasteiger partial charge >= 0.3 is 30.0 Å². The predicted octanol–water partition coefficient (Wildman–Crippen LogP) is 2.62. The van der Waals surface area contributed by atoms with Gasteiger partial charge in [0.25, 0.3) is 0 Å². The summed E-state index contributed by atoms with van der Waals surface area (Å²) < 4.78 is 10.1. The molecule has 0 N–H and O–H groups in total. The van der Waals surface area contributed by atoms with Gasteiger partial charge in [0.15, 0.2) is 6.29 Å². The van der Waals surface area contributed by atoms with Gasteiger partial charge in [0.1, 0.15) is 0 Å². The molecule has 0 saturated heterocycles. The van der Waals surface area contributed by atoms with Crippen molar-refractivity contribution in [3.63, 3.8) is 0 Å². The first-order chi connectivity index (χ1) is 6.38. The molecule has 0 bridgehead atoms. The normalized spacial score (nSPS) is 9.38. The van der Waals surface area contributed by atoms with Crippen molar-refractivity contribution in [3.8, 4) is 0 Å². The molecule has 68 valence electrons. The second kappa shape index (κ2) is 8.82. The molecule has 0 aromatic heterocycles. The Labute approximate surface area is 95.7 Å². The van der Waals surface area contributed by atoms with Gasteiger partial charge in [0, 0.05) is 14.2 Å². The van der Waals surface area contributed by atoms with Crippen molar-refractivity contribution in [1.29, 1.82) is 0 Å². The first kappa shape index (κ1) is 13.2. The summed E-state index contributed by atoms with van der Waals surface area (Å²) in [5.74, 6) is 0. The maximum atomic E-state index is 5.05. The van der Waals surface area contributed by atoms with Crippen LogP contribution in [-0.2, 0) is 25.8 Å². The summed E-state index contributed by atoms with van der Waals surface area (Å²) in [6.07, 6.45) is -0.260. The van der Waals surface area contributed by atoms with E-state index in [1.807, 2.05) is 24.3 Å². The Morgan fingerprint density at radius 1 is 1.23 bits per heavy atom. The van der Waals surface area contributed by atoms with Crippen LogP contribution < -0.4 is 0 Å². The summed E-state index contributed by atoms with van der Waals surface area (Å²) >= 11 is 4.25. The van der Waals surface area contributed by atoms with Crippen LogP contribution in [0, 0.1) is 6.07 Å². The van der Waals surface area contributed by atoms with Crippen LogP contribution >= 0.6 is 13.6 Å². The molecule has 0 radical (unpaired) electrons. The monoisotopic (exact) mass is 294 g/mol. The van der Waals surface area contributed by atoms with Gasteiger partial charge in [-0.25, -0.2) is 0 Å². The molecule has 2 nitrogen and oxygen atoms in total. The number of ether oxygens (including phenoxy) is 2. The maximum absolute atomic E-state index is 5.05. The van der Waals surface area contributed by atoms with Gasteiger partial charge in [-0.05, 0) is 0 Å². The Morgan fingerprint density at radius 2 is 1.69 bits per heavy atom. The number of methoxy groups -OCH3 is 2. The van der Waals surface area contributed by atoms with Gasteiger partial charge in [-0.15, -0.1) is 5.56 Å². The third kappa shape index (κ3) is 4.87. The number of hydrogen-bond donors (Lipinski definition) is 0. The third-order valence-electron chi connectivity index (χ3n) is 1.44. The molecular weight excluding hydrogens is 285 g/mol. The van der Waals surface area contributed by atoms with Gasteiger partial charge in [-0.1, -0.05) is 0 Å². The molecule has 1 aromatic carbocycles. The zero-order chi connectivity index (χ0) is 10.1. The summed E-state index contributed by atoms with van der Waals surface area (Å²) in [5, 5.41) is 0. The average molecular weight is 296 g/mol. The SMILES string of the molecule is COC(OC)c1cc[c-]cc1.[Zn+][Br]. The van der Waals surface area contributed by atoms with Gasteiger partial charge in [-0.3, -0.25) is 0 Å². The molecule has 0 amide bonds. The summed E-state index contributed by atoms with van der Waals surface area (Å²) in [6, 6.07) is 10.4. The van der Waals surface area contributed by atoms with E-state index in [-0.39, 0.29) is 6.29 Å². The summed E-state index contributed by atoms with van der Waals surface area (Å²) in [4.78, 5) is 0.